The molecule has 0 aliphatic carbocycles. The van der Waals surface area contributed by atoms with E-state index in [4.69, 9.17) is 4.42 Å². The van der Waals surface area contributed by atoms with Gasteiger partial charge in [0.2, 0.25) is 15.9 Å². The summed E-state index contributed by atoms with van der Waals surface area (Å²) >= 11 is 1.50. The summed E-state index contributed by atoms with van der Waals surface area (Å²) in [6.07, 6.45) is 1.09. The standard InChI is InChI=1S/C16H15FN2O3S2.Na.H/c1-10(19-24(2,20)21)14-15(12-7-8-23-9-12)22-16(18-14)11-3-5-13(17)6-4-11;;/h3-10,19H,1-2H3;;/q;+1;-1. The van der Waals surface area contributed by atoms with Crippen molar-refractivity contribution in [3.63, 3.8) is 0 Å². The third-order valence-corrected chi connectivity index (χ3v) is 4.79. The second-order valence-electron chi connectivity index (χ2n) is 5.36. The van der Waals surface area contributed by atoms with E-state index in [-0.39, 0.29) is 36.8 Å². The number of hydrogen-bond acceptors (Lipinski definition) is 5. The van der Waals surface area contributed by atoms with Crippen molar-refractivity contribution in [1.82, 2.24) is 9.71 Å². The van der Waals surface area contributed by atoms with Gasteiger partial charge in [-0.3, -0.25) is 0 Å². The van der Waals surface area contributed by atoms with Gasteiger partial charge >= 0.3 is 29.6 Å². The second-order valence-corrected chi connectivity index (χ2v) is 7.92. The fourth-order valence-electron chi connectivity index (χ4n) is 2.32. The Morgan fingerprint density at radius 2 is 1.92 bits per heavy atom. The van der Waals surface area contributed by atoms with Crippen LogP contribution < -0.4 is 34.3 Å². The Morgan fingerprint density at radius 3 is 2.48 bits per heavy atom. The number of benzene rings is 1. The molecule has 2 aromatic heterocycles. The van der Waals surface area contributed by atoms with Crippen LogP contribution in [0.3, 0.4) is 0 Å². The van der Waals surface area contributed by atoms with E-state index in [1.165, 1.54) is 23.5 Å². The molecule has 0 aliphatic rings. The summed E-state index contributed by atoms with van der Waals surface area (Å²) in [5, 5.41) is 3.79. The Morgan fingerprint density at radius 1 is 1.24 bits per heavy atom. The van der Waals surface area contributed by atoms with Gasteiger partial charge < -0.3 is 5.84 Å². The number of rotatable bonds is 5. The summed E-state index contributed by atoms with van der Waals surface area (Å²) in [5.41, 5.74) is 1.92. The van der Waals surface area contributed by atoms with Crippen molar-refractivity contribution < 1.29 is 48.2 Å². The van der Waals surface area contributed by atoms with E-state index >= 15 is 0 Å². The number of sulfonamides is 1. The van der Waals surface area contributed by atoms with E-state index in [9.17, 15) is 12.8 Å². The first-order chi connectivity index (χ1) is 11.3. The van der Waals surface area contributed by atoms with Crippen LogP contribution in [-0.4, -0.2) is 19.7 Å². The summed E-state index contributed by atoms with van der Waals surface area (Å²) < 4.78 is 44.5. The van der Waals surface area contributed by atoms with E-state index in [1.807, 2.05) is 16.8 Å². The molecule has 9 heteroatoms. The van der Waals surface area contributed by atoms with Gasteiger partial charge in [-0.1, -0.05) is 0 Å². The van der Waals surface area contributed by atoms with E-state index in [2.05, 4.69) is 9.71 Å². The van der Waals surface area contributed by atoms with Gasteiger partial charge in [0.25, 0.3) is 0 Å². The van der Waals surface area contributed by atoms with Crippen molar-refractivity contribution in [1.29, 1.82) is 0 Å². The number of thiophene rings is 1. The molecule has 0 aliphatic heterocycles. The van der Waals surface area contributed by atoms with E-state index < -0.39 is 16.1 Å². The van der Waals surface area contributed by atoms with Crippen molar-refractivity contribution in [2.45, 2.75) is 13.0 Å². The molecule has 128 valence electrons. The monoisotopic (exact) mass is 390 g/mol. The molecule has 1 N–H and O–H groups in total. The summed E-state index contributed by atoms with van der Waals surface area (Å²) in [6, 6.07) is 7.08. The number of aromatic nitrogens is 1. The molecule has 0 fully saturated rings. The maximum Gasteiger partial charge on any atom is 1.00 e. The minimum absolute atomic E-state index is 0. The van der Waals surface area contributed by atoms with Crippen molar-refractivity contribution in [3.8, 4) is 22.8 Å². The first-order valence-electron chi connectivity index (χ1n) is 7.10. The number of nitrogens with zero attached hydrogens (tertiary/aromatic N) is 1. The smallest absolute Gasteiger partial charge is 1.00 e. The Bertz CT molecular complexity index is 945. The van der Waals surface area contributed by atoms with Gasteiger partial charge in [-0.2, -0.15) is 11.3 Å². The summed E-state index contributed by atoms with van der Waals surface area (Å²) in [7, 11) is -3.40. The first kappa shape index (κ1) is 20.3. The van der Waals surface area contributed by atoms with Crippen LogP contribution in [0, 0.1) is 5.82 Å². The van der Waals surface area contributed by atoms with Gasteiger partial charge in [-0.15, -0.1) is 0 Å². The first-order valence-corrected chi connectivity index (χ1v) is 9.93. The zero-order valence-electron chi connectivity index (χ0n) is 15.0. The van der Waals surface area contributed by atoms with Gasteiger partial charge in [-0.25, -0.2) is 22.5 Å². The Hall–Kier alpha value is -1.03. The molecule has 0 saturated carbocycles. The average Bonchev–Trinajstić information content (AvgIpc) is 3.15. The molecule has 1 unspecified atom stereocenters. The van der Waals surface area contributed by atoms with Gasteiger partial charge in [0.05, 0.1) is 12.3 Å². The number of nitrogens with one attached hydrogen (secondary N) is 1. The van der Waals surface area contributed by atoms with Crippen LogP contribution in [0.4, 0.5) is 4.39 Å². The van der Waals surface area contributed by atoms with Crippen LogP contribution in [0.2, 0.25) is 0 Å². The minimum Gasteiger partial charge on any atom is -1.00 e. The van der Waals surface area contributed by atoms with Crippen molar-refractivity contribution in [3.05, 3.63) is 52.6 Å². The number of hydrogen-bond donors (Lipinski definition) is 1. The summed E-state index contributed by atoms with van der Waals surface area (Å²) in [4.78, 5) is 4.44. The predicted molar refractivity (Wildman–Crippen MR) is 92.7 cm³/mol. The molecule has 1 atom stereocenters. The molecule has 0 bridgehead atoms. The maximum atomic E-state index is 13.1. The van der Waals surface area contributed by atoms with Gasteiger partial charge in [-0.05, 0) is 42.6 Å². The van der Waals surface area contributed by atoms with Gasteiger partial charge in [0.1, 0.15) is 11.5 Å². The second kappa shape index (κ2) is 8.11. The zero-order chi connectivity index (χ0) is 17.3. The molecular weight excluding hydrogens is 374 g/mol. The van der Waals surface area contributed by atoms with Crippen LogP contribution in [0.1, 0.15) is 20.1 Å². The van der Waals surface area contributed by atoms with Gasteiger partial charge in [0.15, 0.2) is 5.76 Å². The molecule has 25 heavy (non-hydrogen) atoms. The molecule has 5 nitrogen and oxygen atoms in total. The quantitative estimate of drug-likeness (QED) is 0.658. The summed E-state index contributed by atoms with van der Waals surface area (Å²) in [5.74, 6) is 0.461. The van der Waals surface area contributed by atoms with E-state index in [0.717, 1.165) is 11.8 Å². The largest absolute Gasteiger partial charge is 1.00 e. The van der Waals surface area contributed by atoms with Crippen LogP contribution in [0.25, 0.3) is 22.8 Å². The molecule has 3 rings (SSSR count). The number of oxazole rings is 1. The Kier molecular flexibility index (Phi) is 6.58. The molecule has 3 aromatic rings. The SMILES string of the molecule is CC(NS(C)(=O)=O)c1nc(-c2ccc(F)cc2)oc1-c1ccsc1.[H-].[Na+]. The summed E-state index contributed by atoms with van der Waals surface area (Å²) in [6.45, 7) is 1.70. The van der Waals surface area contributed by atoms with E-state index in [1.54, 1.807) is 19.1 Å². The average molecular weight is 390 g/mol. The molecule has 1 aromatic carbocycles. The maximum absolute atomic E-state index is 13.1. The van der Waals surface area contributed by atoms with Crippen LogP contribution in [0.5, 0.6) is 0 Å². The third-order valence-electron chi connectivity index (χ3n) is 3.33. The molecule has 0 spiro atoms. The third kappa shape index (κ3) is 4.99. The Labute approximate surface area is 173 Å². The fourth-order valence-corrected chi connectivity index (χ4v) is 3.71. The molecular formula is C16H16FN2NaO3S2. The fraction of sp³-hybridized carbons (Fsp3) is 0.188. The minimum atomic E-state index is -3.40. The molecule has 2 heterocycles. The Balaban J connectivity index is 0.00000169. The van der Waals surface area contributed by atoms with Crippen molar-refractivity contribution >= 4 is 21.4 Å². The van der Waals surface area contributed by atoms with Gasteiger partial charge in [0, 0.05) is 16.5 Å². The van der Waals surface area contributed by atoms with E-state index in [0.29, 0.717) is 22.9 Å². The van der Waals surface area contributed by atoms with Crippen LogP contribution >= 0.6 is 11.3 Å². The normalized spacial score (nSPS) is 12.6. The zero-order valence-corrected chi connectivity index (χ0v) is 17.6. The predicted octanol–water partition coefficient (Wildman–Crippen LogP) is 0.936. The topological polar surface area (TPSA) is 72.2 Å². The van der Waals surface area contributed by atoms with Crippen molar-refractivity contribution in [2.24, 2.45) is 0 Å². The molecule has 0 amide bonds. The molecule has 0 saturated heterocycles. The van der Waals surface area contributed by atoms with Crippen LogP contribution in [0.15, 0.2) is 45.5 Å². The van der Waals surface area contributed by atoms with Crippen LogP contribution in [-0.2, 0) is 10.0 Å². The molecule has 0 radical (unpaired) electrons. The van der Waals surface area contributed by atoms with Crippen molar-refractivity contribution in [2.75, 3.05) is 6.26 Å². The number of halogens is 1.